The van der Waals surface area contributed by atoms with Crippen molar-refractivity contribution >= 4 is 6.09 Å². The quantitative estimate of drug-likeness (QED) is 0.847. The van der Waals surface area contributed by atoms with Gasteiger partial charge in [0.15, 0.2) is 0 Å². The number of carbonyl (C=O) groups is 1. The number of likely N-dealkylation sites (N-methyl/N-ethyl adjacent to an activating group) is 1. The molecule has 5 heteroatoms. The van der Waals surface area contributed by atoms with Crippen LogP contribution in [0.5, 0.6) is 0 Å². The summed E-state index contributed by atoms with van der Waals surface area (Å²) in [7, 11) is 2.16. The number of carbonyl (C=O) groups excluding carboxylic acids is 1. The predicted molar refractivity (Wildman–Crippen MR) is 91.2 cm³/mol. The SMILES string of the molecule is CC(C)N(C)CCNC1CCCN(C(=O)OC(C)(C)C)CC1. The largest absolute Gasteiger partial charge is 0.444 e. The molecule has 1 rings (SSSR count). The molecule has 0 spiro atoms. The lowest BCUT2D eigenvalue weighted by Crippen LogP contribution is -2.39. The monoisotopic (exact) mass is 313 g/mol. The summed E-state index contributed by atoms with van der Waals surface area (Å²) in [6, 6.07) is 1.09. The summed E-state index contributed by atoms with van der Waals surface area (Å²) >= 11 is 0. The second kappa shape index (κ2) is 8.73. The summed E-state index contributed by atoms with van der Waals surface area (Å²) in [5, 5.41) is 3.63. The molecule has 1 amide bonds. The van der Waals surface area contributed by atoms with E-state index in [1.165, 1.54) is 0 Å². The van der Waals surface area contributed by atoms with Crippen molar-refractivity contribution < 1.29 is 9.53 Å². The molecule has 1 atom stereocenters. The standard InChI is InChI=1S/C17H35N3O2/c1-14(2)19(6)13-10-18-15-8-7-11-20(12-9-15)16(21)22-17(3,4)5/h14-15,18H,7-13H2,1-6H3. The molecule has 0 radical (unpaired) electrons. The van der Waals surface area contributed by atoms with E-state index in [2.05, 4.69) is 31.1 Å². The minimum atomic E-state index is -0.414. The highest BCUT2D eigenvalue weighted by molar-refractivity contribution is 5.68. The zero-order valence-corrected chi connectivity index (χ0v) is 15.3. The van der Waals surface area contributed by atoms with Gasteiger partial charge in [0.1, 0.15) is 5.60 Å². The van der Waals surface area contributed by atoms with Gasteiger partial charge in [-0.3, -0.25) is 0 Å². The van der Waals surface area contributed by atoms with Crippen molar-refractivity contribution in [1.29, 1.82) is 0 Å². The Kier molecular flexibility index (Phi) is 7.63. The molecular weight excluding hydrogens is 278 g/mol. The van der Waals surface area contributed by atoms with Gasteiger partial charge in [-0.2, -0.15) is 0 Å². The van der Waals surface area contributed by atoms with Crippen LogP contribution in [0.1, 0.15) is 53.9 Å². The smallest absolute Gasteiger partial charge is 0.410 e. The lowest BCUT2D eigenvalue weighted by molar-refractivity contribution is 0.0256. The van der Waals surface area contributed by atoms with E-state index in [-0.39, 0.29) is 6.09 Å². The Morgan fingerprint density at radius 2 is 2.00 bits per heavy atom. The highest BCUT2D eigenvalue weighted by Gasteiger charge is 2.24. The van der Waals surface area contributed by atoms with Crippen LogP contribution in [-0.2, 0) is 4.74 Å². The molecular formula is C17H35N3O2. The maximum absolute atomic E-state index is 12.1. The Balaban J connectivity index is 2.32. The van der Waals surface area contributed by atoms with Crippen LogP contribution in [-0.4, -0.2) is 66.8 Å². The molecule has 22 heavy (non-hydrogen) atoms. The minimum absolute atomic E-state index is 0.173. The van der Waals surface area contributed by atoms with Crippen molar-refractivity contribution in [3.05, 3.63) is 0 Å². The van der Waals surface area contributed by atoms with Gasteiger partial charge in [-0.05, 0) is 60.9 Å². The van der Waals surface area contributed by atoms with Gasteiger partial charge in [-0.1, -0.05) is 0 Å². The van der Waals surface area contributed by atoms with E-state index in [0.717, 1.165) is 45.4 Å². The molecule has 0 aromatic heterocycles. The van der Waals surface area contributed by atoms with Gasteiger partial charge in [-0.15, -0.1) is 0 Å². The Hall–Kier alpha value is -0.810. The van der Waals surface area contributed by atoms with Gasteiger partial charge in [0, 0.05) is 38.3 Å². The first kappa shape index (κ1) is 19.2. The van der Waals surface area contributed by atoms with E-state index in [1.54, 1.807) is 0 Å². The maximum atomic E-state index is 12.1. The summed E-state index contributed by atoms with van der Waals surface area (Å²) in [5.41, 5.74) is -0.414. The van der Waals surface area contributed by atoms with Crippen LogP contribution in [0.3, 0.4) is 0 Å². The molecule has 0 aliphatic carbocycles. The van der Waals surface area contributed by atoms with Crippen molar-refractivity contribution in [3.8, 4) is 0 Å². The molecule has 1 heterocycles. The van der Waals surface area contributed by atoms with Gasteiger partial charge >= 0.3 is 6.09 Å². The van der Waals surface area contributed by atoms with Gasteiger partial charge in [0.25, 0.3) is 0 Å². The molecule has 0 aromatic carbocycles. The minimum Gasteiger partial charge on any atom is -0.444 e. The second-order valence-electron chi connectivity index (χ2n) is 7.62. The van der Waals surface area contributed by atoms with Crippen LogP contribution >= 0.6 is 0 Å². The molecule has 0 aromatic rings. The first-order chi connectivity index (χ1) is 10.2. The number of hydrogen-bond donors (Lipinski definition) is 1. The van der Waals surface area contributed by atoms with Crippen LogP contribution in [0.25, 0.3) is 0 Å². The summed E-state index contributed by atoms with van der Waals surface area (Å²) in [4.78, 5) is 16.3. The summed E-state index contributed by atoms with van der Waals surface area (Å²) in [5.74, 6) is 0. The Labute approximate surface area is 136 Å². The van der Waals surface area contributed by atoms with E-state index in [4.69, 9.17) is 4.74 Å². The molecule has 1 fully saturated rings. The van der Waals surface area contributed by atoms with Crippen LogP contribution in [0, 0.1) is 0 Å². The highest BCUT2D eigenvalue weighted by atomic mass is 16.6. The fourth-order valence-electron chi connectivity index (χ4n) is 2.51. The second-order valence-corrected chi connectivity index (χ2v) is 7.62. The number of likely N-dealkylation sites (tertiary alicyclic amines) is 1. The molecule has 130 valence electrons. The summed E-state index contributed by atoms with van der Waals surface area (Å²) in [6.45, 7) is 13.8. The number of rotatable bonds is 5. The van der Waals surface area contributed by atoms with E-state index in [1.807, 2.05) is 25.7 Å². The lowest BCUT2D eigenvalue weighted by atomic mass is 10.1. The van der Waals surface area contributed by atoms with Crippen LogP contribution in [0.4, 0.5) is 4.79 Å². The Morgan fingerprint density at radius 1 is 1.32 bits per heavy atom. The fourth-order valence-corrected chi connectivity index (χ4v) is 2.51. The van der Waals surface area contributed by atoms with Crippen molar-refractivity contribution in [2.75, 3.05) is 33.2 Å². The first-order valence-electron chi connectivity index (χ1n) is 8.60. The highest BCUT2D eigenvalue weighted by Crippen LogP contribution is 2.15. The average molecular weight is 313 g/mol. The predicted octanol–water partition coefficient (Wildman–Crippen LogP) is 2.71. The Morgan fingerprint density at radius 3 is 2.59 bits per heavy atom. The zero-order chi connectivity index (χ0) is 16.8. The third kappa shape index (κ3) is 7.45. The first-order valence-corrected chi connectivity index (χ1v) is 8.60. The molecule has 0 bridgehead atoms. The van der Waals surface area contributed by atoms with Crippen LogP contribution in [0.15, 0.2) is 0 Å². The summed E-state index contributed by atoms with van der Waals surface area (Å²) < 4.78 is 5.47. The van der Waals surface area contributed by atoms with Crippen molar-refractivity contribution in [2.45, 2.75) is 71.6 Å². The van der Waals surface area contributed by atoms with Crippen LogP contribution in [0.2, 0.25) is 0 Å². The normalized spacial score (nSPS) is 20.4. The fraction of sp³-hybridized carbons (Fsp3) is 0.941. The molecule has 0 saturated carbocycles. The van der Waals surface area contributed by atoms with Crippen LogP contribution < -0.4 is 5.32 Å². The summed E-state index contributed by atoms with van der Waals surface area (Å²) in [6.07, 6.45) is 3.00. The van der Waals surface area contributed by atoms with Crippen molar-refractivity contribution in [2.24, 2.45) is 0 Å². The van der Waals surface area contributed by atoms with Crippen molar-refractivity contribution in [3.63, 3.8) is 0 Å². The average Bonchev–Trinajstić information content (AvgIpc) is 2.62. The zero-order valence-electron chi connectivity index (χ0n) is 15.3. The number of nitrogens with zero attached hydrogens (tertiary/aromatic N) is 2. The third-order valence-corrected chi connectivity index (χ3v) is 4.16. The Bertz CT molecular complexity index is 339. The van der Waals surface area contributed by atoms with E-state index in [9.17, 15) is 4.79 Å². The number of ether oxygens (including phenoxy) is 1. The molecule has 1 saturated heterocycles. The molecule has 1 N–H and O–H groups in total. The number of hydrogen-bond acceptors (Lipinski definition) is 4. The topological polar surface area (TPSA) is 44.8 Å². The number of amides is 1. The van der Waals surface area contributed by atoms with Gasteiger partial charge in [0.05, 0.1) is 0 Å². The molecule has 5 nitrogen and oxygen atoms in total. The van der Waals surface area contributed by atoms with Gasteiger partial charge in [0.2, 0.25) is 0 Å². The maximum Gasteiger partial charge on any atom is 0.410 e. The third-order valence-electron chi connectivity index (χ3n) is 4.16. The molecule has 1 unspecified atom stereocenters. The van der Waals surface area contributed by atoms with Gasteiger partial charge in [-0.25, -0.2) is 4.79 Å². The molecule has 1 aliphatic rings. The van der Waals surface area contributed by atoms with Gasteiger partial charge < -0.3 is 19.9 Å². The van der Waals surface area contributed by atoms with E-state index < -0.39 is 5.60 Å². The molecule has 1 aliphatic heterocycles. The van der Waals surface area contributed by atoms with E-state index >= 15 is 0 Å². The van der Waals surface area contributed by atoms with Crippen molar-refractivity contribution in [1.82, 2.24) is 15.1 Å². The lowest BCUT2D eigenvalue weighted by Gasteiger charge is -2.26. The number of nitrogens with one attached hydrogen (secondary N) is 1. The van der Waals surface area contributed by atoms with E-state index in [0.29, 0.717) is 12.1 Å².